The van der Waals surface area contributed by atoms with Gasteiger partial charge in [0.05, 0.1) is 10.6 Å². The molecule has 0 saturated heterocycles. The maximum atomic E-state index is 12.4. The first-order valence-corrected chi connectivity index (χ1v) is 9.62. The van der Waals surface area contributed by atoms with Crippen molar-refractivity contribution in [3.05, 3.63) is 75.5 Å². The Hall–Kier alpha value is -2.86. The highest BCUT2D eigenvalue weighted by Gasteiger charge is 2.27. The number of nitro benzene ring substituents is 1. The number of aromatic amines is 1. The number of aryl methyl sites for hydroxylation is 1. The molecule has 1 aliphatic rings. The van der Waals surface area contributed by atoms with Crippen LogP contribution in [0.2, 0.25) is 0 Å². The fourth-order valence-corrected chi connectivity index (χ4v) is 4.57. The molecule has 1 heterocycles. The highest BCUT2D eigenvalue weighted by atomic mass is 32.2. The van der Waals surface area contributed by atoms with Gasteiger partial charge in [-0.2, -0.15) is 0 Å². The number of fused-ring (bicyclic) bond motifs is 1. The summed E-state index contributed by atoms with van der Waals surface area (Å²) in [5.41, 5.74) is 4.24. The highest BCUT2D eigenvalue weighted by molar-refractivity contribution is 7.99. The first kappa shape index (κ1) is 17.5. The molecule has 27 heavy (non-hydrogen) atoms. The molecule has 4 rings (SSSR count). The zero-order valence-electron chi connectivity index (χ0n) is 14.8. The second-order valence-corrected chi connectivity index (χ2v) is 7.72. The number of carbonyl (C=O) groups is 1. The molecule has 0 atom stereocenters. The van der Waals surface area contributed by atoms with Crippen molar-refractivity contribution in [2.24, 2.45) is 0 Å². The molecular formula is C21H18N2O3S. The summed E-state index contributed by atoms with van der Waals surface area (Å²) in [6.45, 7) is 1.90. The molecule has 0 radical (unpaired) electrons. The Balaban J connectivity index is 1.88. The van der Waals surface area contributed by atoms with Crippen LogP contribution >= 0.6 is 11.8 Å². The van der Waals surface area contributed by atoms with Crippen molar-refractivity contribution >= 4 is 23.2 Å². The molecular weight excluding hydrogens is 360 g/mol. The molecule has 0 spiro atoms. The Morgan fingerprint density at radius 1 is 1.11 bits per heavy atom. The van der Waals surface area contributed by atoms with E-state index < -0.39 is 0 Å². The van der Waals surface area contributed by atoms with Gasteiger partial charge in [-0.05, 0) is 43.5 Å². The van der Waals surface area contributed by atoms with Crippen LogP contribution in [-0.2, 0) is 6.42 Å². The van der Waals surface area contributed by atoms with E-state index in [-0.39, 0.29) is 16.4 Å². The Bertz CT molecular complexity index is 1040. The largest absolute Gasteiger partial charge is 0.358 e. The van der Waals surface area contributed by atoms with Gasteiger partial charge in [-0.25, -0.2) is 0 Å². The predicted octanol–water partition coefficient (Wildman–Crippen LogP) is 5.57. The first-order chi connectivity index (χ1) is 13.0. The second kappa shape index (κ2) is 7.04. The maximum Gasteiger partial charge on any atom is 0.270 e. The average molecular weight is 378 g/mol. The fourth-order valence-electron chi connectivity index (χ4n) is 3.62. The number of aromatic nitrogens is 1. The van der Waals surface area contributed by atoms with E-state index in [9.17, 15) is 14.9 Å². The Labute approximate surface area is 161 Å². The number of carbonyl (C=O) groups excluding carboxylic acids is 1. The minimum Gasteiger partial charge on any atom is -0.358 e. The van der Waals surface area contributed by atoms with Gasteiger partial charge in [0.2, 0.25) is 0 Å². The topological polar surface area (TPSA) is 76.0 Å². The lowest BCUT2D eigenvalue weighted by Gasteiger charge is -2.14. The van der Waals surface area contributed by atoms with Crippen molar-refractivity contribution in [3.8, 4) is 11.3 Å². The van der Waals surface area contributed by atoms with Crippen molar-refractivity contribution in [2.75, 3.05) is 0 Å². The Morgan fingerprint density at radius 3 is 2.63 bits per heavy atom. The quantitative estimate of drug-likeness (QED) is 0.476. The number of benzene rings is 2. The van der Waals surface area contributed by atoms with Gasteiger partial charge in [-0.1, -0.05) is 30.0 Å². The smallest absolute Gasteiger partial charge is 0.270 e. The normalized spacial score (nSPS) is 13.4. The SMILES string of the molecule is Cc1[nH]c(-c2cc([N+](=O)[O-])ccc2Sc2ccccc2)c2c1C(=O)CCC2. The summed E-state index contributed by atoms with van der Waals surface area (Å²) in [5, 5.41) is 11.3. The molecule has 1 N–H and O–H groups in total. The third kappa shape index (κ3) is 3.28. The molecule has 0 saturated carbocycles. The lowest BCUT2D eigenvalue weighted by molar-refractivity contribution is -0.384. The minimum atomic E-state index is -0.381. The lowest BCUT2D eigenvalue weighted by Crippen LogP contribution is -2.10. The van der Waals surface area contributed by atoms with Crippen LogP contribution in [0.25, 0.3) is 11.3 Å². The van der Waals surface area contributed by atoms with Gasteiger partial charge in [0.1, 0.15) is 0 Å². The zero-order valence-corrected chi connectivity index (χ0v) is 15.6. The van der Waals surface area contributed by atoms with Crippen molar-refractivity contribution < 1.29 is 9.72 Å². The van der Waals surface area contributed by atoms with Crippen LogP contribution in [0, 0.1) is 17.0 Å². The summed E-state index contributed by atoms with van der Waals surface area (Å²) >= 11 is 1.56. The molecule has 1 aromatic heterocycles. The average Bonchev–Trinajstić information content (AvgIpc) is 3.00. The van der Waals surface area contributed by atoms with Gasteiger partial charge >= 0.3 is 0 Å². The van der Waals surface area contributed by atoms with E-state index in [1.807, 2.05) is 37.3 Å². The Morgan fingerprint density at radius 2 is 1.89 bits per heavy atom. The molecule has 0 aliphatic heterocycles. The minimum absolute atomic E-state index is 0.0468. The lowest BCUT2D eigenvalue weighted by atomic mass is 9.89. The Kier molecular flexibility index (Phi) is 4.58. The second-order valence-electron chi connectivity index (χ2n) is 6.61. The van der Waals surface area contributed by atoms with Gasteiger partial charge in [0.15, 0.2) is 5.78 Å². The van der Waals surface area contributed by atoms with E-state index in [2.05, 4.69) is 4.98 Å². The van der Waals surface area contributed by atoms with Gasteiger partial charge in [-0.3, -0.25) is 14.9 Å². The van der Waals surface area contributed by atoms with Gasteiger partial charge in [0.25, 0.3) is 5.69 Å². The molecule has 6 heteroatoms. The fraction of sp³-hybridized carbons (Fsp3) is 0.190. The summed E-state index contributed by atoms with van der Waals surface area (Å²) < 4.78 is 0. The van der Waals surface area contributed by atoms with Crippen LogP contribution < -0.4 is 0 Å². The first-order valence-electron chi connectivity index (χ1n) is 8.81. The van der Waals surface area contributed by atoms with Crippen molar-refractivity contribution in [2.45, 2.75) is 36.0 Å². The number of nitro groups is 1. The standard InChI is InChI=1S/C21H18N2O3S/c1-13-20-16(8-5-9-18(20)24)21(22-13)17-12-14(23(25)26)10-11-19(17)27-15-6-3-2-4-7-15/h2-4,6-7,10-12,22H,5,8-9H2,1H3. The number of hydrogen-bond acceptors (Lipinski definition) is 4. The number of nitrogens with zero attached hydrogens (tertiary/aromatic N) is 1. The molecule has 136 valence electrons. The van der Waals surface area contributed by atoms with Crippen molar-refractivity contribution in [1.29, 1.82) is 0 Å². The summed E-state index contributed by atoms with van der Waals surface area (Å²) in [7, 11) is 0. The summed E-state index contributed by atoms with van der Waals surface area (Å²) in [4.78, 5) is 28.6. The number of H-pyrrole nitrogens is 1. The van der Waals surface area contributed by atoms with E-state index in [4.69, 9.17) is 0 Å². The monoisotopic (exact) mass is 378 g/mol. The van der Waals surface area contributed by atoms with Crippen LogP contribution in [0.4, 0.5) is 5.69 Å². The molecule has 0 amide bonds. The third-order valence-corrected chi connectivity index (χ3v) is 5.90. The van der Waals surface area contributed by atoms with Crippen molar-refractivity contribution in [3.63, 3.8) is 0 Å². The van der Waals surface area contributed by atoms with Crippen molar-refractivity contribution in [1.82, 2.24) is 4.98 Å². The molecule has 3 aromatic rings. The molecule has 1 aliphatic carbocycles. The number of ketones is 1. The number of rotatable bonds is 4. The number of nitrogens with one attached hydrogen (secondary N) is 1. The molecule has 5 nitrogen and oxygen atoms in total. The highest BCUT2D eigenvalue weighted by Crippen LogP contribution is 2.41. The van der Waals surface area contributed by atoms with E-state index >= 15 is 0 Å². The molecule has 2 aromatic carbocycles. The summed E-state index contributed by atoms with van der Waals surface area (Å²) in [5.74, 6) is 0.152. The van der Waals surface area contributed by atoms with Gasteiger partial charge < -0.3 is 4.98 Å². The molecule has 0 unspecified atom stereocenters. The number of Topliss-reactive ketones (excluding diaryl/α,β-unsaturated/α-hetero) is 1. The van der Waals surface area contributed by atoms with E-state index in [0.717, 1.165) is 50.7 Å². The summed E-state index contributed by atoms with van der Waals surface area (Å²) in [6, 6.07) is 14.8. The van der Waals surface area contributed by atoms with Crippen LogP contribution in [-0.4, -0.2) is 15.7 Å². The number of hydrogen-bond donors (Lipinski definition) is 1. The van der Waals surface area contributed by atoms with Crippen LogP contribution in [0.15, 0.2) is 58.3 Å². The predicted molar refractivity (Wildman–Crippen MR) is 105 cm³/mol. The molecule has 0 fully saturated rings. The van der Waals surface area contributed by atoms with Gasteiger partial charge in [0, 0.05) is 45.2 Å². The van der Waals surface area contributed by atoms with E-state index in [0.29, 0.717) is 6.42 Å². The summed E-state index contributed by atoms with van der Waals surface area (Å²) in [6.07, 6.45) is 2.18. The third-order valence-electron chi connectivity index (χ3n) is 4.81. The van der Waals surface area contributed by atoms with Gasteiger partial charge in [-0.15, -0.1) is 0 Å². The molecule has 0 bridgehead atoms. The van der Waals surface area contributed by atoms with E-state index in [1.165, 1.54) is 6.07 Å². The van der Waals surface area contributed by atoms with E-state index in [1.54, 1.807) is 23.9 Å². The van der Waals surface area contributed by atoms with Crippen LogP contribution in [0.3, 0.4) is 0 Å². The number of non-ortho nitro benzene ring substituents is 1. The van der Waals surface area contributed by atoms with Crippen LogP contribution in [0.1, 0.15) is 34.5 Å². The maximum absolute atomic E-state index is 12.4. The van der Waals surface area contributed by atoms with Crippen LogP contribution in [0.5, 0.6) is 0 Å². The zero-order chi connectivity index (χ0) is 19.0.